The molecule has 3 N–H and O–H groups in total. The van der Waals surface area contributed by atoms with Crippen LogP contribution >= 0.6 is 0 Å². The molecular weight excluding hydrogens is 1020 g/mol. The fraction of sp³-hybridized carbons (Fsp3) is 0.565. The third-order valence-corrected chi connectivity index (χ3v) is 12.6. The van der Waals surface area contributed by atoms with Crippen LogP contribution in [0.4, 0.5) is 0 Å². The van der Waals surface area contributed by atoms with Crippen molar-refractivity contribution in [2.75, 3.05) is 13.2 Å². The van der Waals surface area contributed by atoms with E-state index in [1.54, 1.807) is 0 Å². The Balaban J connectivity index is 2.77. The fourth-order valence-corrected chi connectivity index (χ4v) is 8.04. The number of carbonyl (C=O) groups is 4. The summed E-state index contributed by atoms with van der Waals surface area (Å²) < 4.78 is 28.3. The molecule has 0 aliphatic carbocycles. The predicted octanol–water partition coefficient (Wildman–Crippen LogP) is 16.1. The van der Waals surface area contributed by atoms with E-state index in [1.807, 2.05) is 12.2 Å². The molecule has 1 heterocycles. The number of aliphatic hydroxyl groups excluding tert-OH is 2. The van der Waals surface area contributed by atoms with Crippen LogP contribution in [0.3, 0.4) is 0 Å². The van der Waals surface area contributed by atoms with Crippen molar-refractivity contribution >= 4 is 23.9 Å². The summed E-state index contributed by atoms with van der Waals surface area (Å²) in [6, 6.07) is 0. The van der Waals surface area contributed by atoms with Crippen molar-refractivity contribution in [1.29, 1.82) is 0 Å². The maximum Gasteiger partial charge on any atom is 0.335 e. The number of ether oxygens (including phenoxy) is 5. The number of carbonyl (C=O) groups excluding carboxylic acids is 3. The van der Waals surface area contributed by atoms with E-state index in [0.29, 0.717) is 25.7 Å². The molecule has 0 aromatic heterocycles. The zero-order valence-corrected chi connectivity index (χ0v) is 49.7. The number of hydrogen-bond acceptors (Lipinski definition) is 11. The van der Waals surface area contributed by atoms with Gasteiger partial charge >= 0.3 is 23.9 Å². The highest BCUT2D eigenvalue weighted by Gasteiger charge is 2.50. The molecule has 0 aromatic carbocycles. The molecule has 0 spiro atoms. The number of aliphatic carboxylic acids is 1. The first kappa shape index (κ1) is 73.4. The molecule has 1 aliphatic rings. The van der Waals surface area contributed by atoms with Crippen molar-refractivity contribution in [1.82, 2.24) is 0 Å². The molecule has 1 aliphatic heterocycles. The van der Waals surface area contributed by atoms with Crippen LogP contribution in [0, 0.1) is 0 Å². The van der Waals surface area contributed by atoms with Gasteiger partial charge in [0.15, 0.2) is 24.6 Å². The number of carboxylic acid groups (broad SMARTS) is 1. The van der Waals surface area contributed by atoms with Gasteiger partial charge in [0.25, 0.3) is 0 Å². The summed E-state index contributed by atoms with van der Waals surface area (Å²) in [5.74, 6) is -3.31. The zero-order chi connectivity index (χ0) is 58.9. The first-order valence-corrected chi connectivity index (χ1v) is 30.5. The molecule has 0 aromatic rings. The summed E-state index contributed by atoms with van der Waals surface area (Å²) in [5, 5.41) is 31.5. The average molecular weight is 1130 g/mol. The van der Waals surface area contributed by atoms with Crippen LogP contribution in [-0.4, -0.2) is 89.2 Å². The van der Waals surface area contributed by atoms with Crippen LogP contribution in [0.5, 0.6) is 0 Å². The van der Waals surface area contributed by atoms with Gasteiger partial charge in [-0.3, -0.25) is 14.4 Å². The predicted molar refractivity (Wildman–Crippen MR) is 330 cm³/mol. The van der Waals surface area contributed by atoms with Crippen molar-refractivity contribution in [3.63, 3.8) is 0 Å². The highest BCUT2D eigenvalue weighted by molar-refractivity contribution is 5.74. The SMILES string of the molecule is CC/C=C\C/C=C\C/C=C\C/C=C\C/C=C\C/C=C\CCC(=O)OCC(COC1OC(C(=O)O)C(O)C(O)C1OC(=O)CCCCCC/C=C\C/C=C\C/C=C\C/C=C\CC)OC(=O)CCCCCCC/C=C\C/C=C\C/C=C\CC. The van der Waals surface area contributed by atoms with Gasteiger partial charge < -0.3 is 39.0 Å². The van der Waals surface area contributed by atoms with E-state index in [4.69, 9.17) is 23.7 Å². The number of allylic oxidation sites excluding steroid dienone is 26. The number of unbranched alkanes of at least 4 members (excludes halogenated alkanes) is 9. The van der Waals surface area contributed by atoms with Crippen molar-refractivity contribution in [3.8, 4) is 0 Å². The third-order valence-electron chi connectivity index (χ3n) is 12.6. The number of rotatable bonds is 49. The van der Waals surface area contributed by atoms with Crippen molar-refractivity contribution in [2.45, 2.75) is 237 Å². The minimum absolute atomic E-state index is 0.0135. The lowest BCUT2D eigenvalue weighted by atomic mass is 9.98. The summed E-state index contributed by atoms with van der Waals surface area (Å²) in [6.07, 6.45) is 67.9. The molecule has 452 valence electrons. The molecule has 81 heavy (non-hydrogen) atoms. The van der Waals surface area contributed by atoms with Crippen LogP contribution in [0.2, 0.25) is 0 Å². The molecule has 1 saturated heterocycles. The van der Waals surface area contributed by atoms with E-state index in [-0.39, 0.29) is 25.9 Å². The Kier molecular flexibility index (Phi) is 49.7. The van der Waals surface area contributed by atoms with E-state index in [0.717, 1.165) is 135 Å². The van der Waals surface area contributed by atoms with Gasteiger partial charge in [0.2, 0.25) is 0 Å². The van der Waals surface area contributed by atoms with Gasteiger partial charge in [0.1, 0.15) is 18.8 Å². The highest BCUT2D eigenvalue weighted by atomic mass is 16.7. The Labute approximate surface area is 488 Å². The molecule has 6 unspecified atom stereocenters. The Bertz CT molecular complexity index is 2010. The lowest BCUT2D eigenvalue weighted by Crippen LogP contribution is -2.61. The minimum Gasteiger partial charge on any atom is -0.479 e. The summed E-state index contributed by atoms with van der Waals surface area (Å²) in [4.78, 5) is 51.2. The molecule has 12 heteroatoms. The second-order valence-electron chi connectivity index (χ2n) is 19.8. The minimum atomic E-state index is -1.93. The lowest BCUT2D eigenvalue weighted by molar-refractivity contribution is -0.301. The summed E-state index contributed by atoms with van der Waals surface area (Å²) in [7, 11) is 0. The largest absolute Gasteiger partial charge is 0.479 e. The molecule has 0 bridgehead atoms. The summed E-state index contributed by atoms with van der Waals surface area (Å²) in [6.45, 7) is 5.55. The van der Waals surface area contributed by atoms with Crippen LogP contribution in [0.15, 0.2) is 158 Å². The summed E-state index contributed by atoms with van der Waals surface area (Å²) >= 11 is 0. The Morgan fingerprint density at radius 2 is 0.765 bits per heavy atom. The van der Waals surface area contributed by atoms with E-state index in [2.05, 4.69) is 167 Å². The van der Waals surface area contributed by atoms with Crippen LogP contribution in [-0.2, 0) is 42.9 Å². The maximum atomic E-state index is 13.2. The van der Waals surface area contributed by atoms with Crippen molar-refractivity contribution in [3.05, 3.63) is 158 Å². The van der Waals surface area contributed by atoms with Gasteiger partial charge in [-0.2, -0.15) is 0 Å². The Hall–Kier alpha value is -5.66. The molecule has 6 atom stereocenters. The molecule has 0 saturated carbocycles. The van der Waals surface area contributed by atoms with E-state index in [1.165, 1.54) is 0 Å². The number of carboxylic acids is 1. The first-order chi connectivity index (χ1) is 39.6. The van der Waals surface area contributed by atoms with Crippen LogP contribution < -0.4 is 0 Å². The van der Waals surface area contributed by atoms with Crippen molar-refractivity contribution < 1.29 is 58.2 Å². The molecule has 1 rings (SSSR count). The second-order valence-corrected chi connectivity index (χ2v) is 19.8. The molecule has 12 nitrogen and oxygen atoms in total. The quantitative estimate of drug-likeness (QED) is 0.0228. The monoisotopic (exact) mass is 1120 g/mol. The fourth-order valence-electron chi connectivity index (χ4n) is 8.04. The number of hydrogen-bond donors (Lipinski definition) is 3. The van der Waals surface area contributed by atoms with Gasteiger partial charge in [0, 0.05) is 19.3 Å². The summed E-state index contributed by atoms with van der Waals surface area (Å²) in [5.41, 5.74) is 0. The molecule has 1 fully saturated rings. The van der Waals surface area contributed by atoms with Gasteiger partial charge in [-0.25, -0.2) is 4.79 Å². The third kappa shape index (κ3) is 44.7. The number of aliphatic hydroxyl groups is 2. The zero-order valence-electron chi connectivity index (χ0n) is 49.7. The van der Waals surface area contributed by atoms with Gasteiger partial charge in [-0.1, -0.05) is 211 Å². The second kappa shape index (κ2) is 54.9. The first-order valence-electron chi connectivity index (χ1n) is 30.5. The molecular formula is C69H104O12. The standard InChI is InChI=1S/C69H104O12/c1-4-7-10-13-16-19-22-25-28-30-31-33-35-37-40-43-46-49-52-55-61(70)77-58-60(79-62(71)56-53-50-47-44-41-38-34-27-24-21-18-15-12-9-6-3)59-78-69-67(65(74)64(73)66(81-69)68(75)76)80-63(72)57-54-51-48-45-42-39-36-32-29-26-23-20-17-14-11-8-5-2/h7-12,16-21,25-29,31,33-34,36-37,39-40,46,49,60,64-67,69,73-74H,4-6,13-15,22-24,30,32,35,38,41-45,47-48,50-59H2,1-3H3,(H,75,76)/b10-7-,11-8-,12-9-,19-16-,20-17-,21-18-,28-25-,29-26-,33-31-,34-27-,39-36-,40-37-,49-46-. The Morgan fingerprint density at radius 1 is 0.407 bits per heavy atom. The highest BCUT2D eigenvalue weighted by Crippen LogP contribution is 2.26. The van der Waals surface area contributed by atoms with Gasteiger partial charge in [-0.05, 0) is 128 Å². The van der Waals surface area contributed by atoms with E-state index in [9.17, 15) is 34.5 Å². The average Bonchev–Trinajstić information content (AvgIpc) is 3.53. The van der Waals surface area contributed by atoms with E-state index < -0.39 is 67.3 Å². The van der Waals surface area contributed by atoms with Crippen molar-refractivity contribution in [2.24, 2.45) is 0 Å². The van der Waals surface area contributed by atoms with Crippen LogP contribution in [0.25, 0.3) is 0 Å². The number of esters is 3. The molecule has 0 amide bonds. The Morgan fingerprint density at radius 3 is 1.17 bits per heavy atom. The van der Waals surface area contributed by atoms with Gasteiger partial charge in [-0.15, -0.1) is 0 Å². The lowest BCUT2D eigenvalue weighted by Gasteiger charge is -2.40. The maximum absolute atomic E-state index is 13.2. The topological polar surface area (TPSA) is 175 Å². The van der Waals surface area contributed by atoms with Gasteiger partial charge in [0.05, 0.1) is 6.61 Å². The normalized spacial score (nSPS) is 18.9. The smallest absolute Gasteiger partial charge is 0.335 e. The van der Waals surface area contributed by atoms with E-state index >= 15 is 0 Å². The molecule has 0 radical (unpaired) electrons. The van der Waals surface area contributed by atoms with Crippen LogP contribution in [0.1, 0.15) is 201 Å².